The van der Waals surface area contributed by atoms with Crippen LogP contribution < -0.4 is 5.32 Å². The van der Waals surface area contributed by atoms with Gasteiger partial charge in [0.1, 0.15) is 6.26 Å². The summed E-state index contributed by atoms with van der Waals surface area (Å²) in [5.74, 6) is 0.618. The lowest BCUT2D eigenvalue weighted by Gasteiger charge is -2.11. The Kier molecular flexibility index (Phi) is 1.85. The number of nitrogens with one attached hydrogen (secondary N) is 2. The van der Waals surface area contributed by atoms with Gasteiger partial charge in [0.05, 0.1) is 11.4 Å². The van der Waals surface area contributed by atoms with Gasteiger partial charge in [-0.15, -0.1) is 0 Å². The van der Waals surface area contributed by atoms with Gasteiger partial charge in [-0.1, -0.05) is 0 Å². The van der Waals surface area contributed by atoms with E-state index in [0.717, 1.165) is 36.6 Å². The first-order valence-corrected chi connectivity index (χ1v) is 5.04. The molecule has 0 unspecified atom stereocenters. The quantitative estimate of drug-likeness (QED) is 0.727. The van der Waals surface area contributed by atoms with E-state index in [9.17, 15) is 0 Å². The number of oxazole rings is 1. The van der Waals surface area contributed by atoms with Gasteiger partial charge in [-0.05, 0) is 19.9 Å². The molecule has 0 aliphatic carbocycles. The van der Waals surface area contributed by atoms with E-state index in [4.69, 9.17) is 4.42 Å². The van der Waals surface area contributed by atoms with Crippen molar-refractivity contribution in [2.75, 3.05) is 6.54 Å². The van der Waals surface area contributed by atoms with Gasteiger partial charge in [0.2, 0.25) is 5.89 Å². The molecule has 2 aromatic rings. The zero-order valence-corrected chi connectivity index (χ0v) is 8.50. The monoisotopic (exact) mass is 204 g/mol. The summed E-state index contributed by atoms with van der Waals surface area (Å²) >= 11 is 0. The zero-order chi connectivity index (χ0) is 10.3. The maximum Gasteiger partial charge on any atom is 0.247 e. The molecule has 0 atom stereocenters. The molecular weight excluding hydrogens is 192 g/mol. The molecule has 0 aromatic carbocycles. The second-order valence-electron chi connectivity index (χ2n) is 3.75. The summed E-state index contributed by atoms with van der Waals surface area (Å²) in [5.41, 5.74) is 4.12. The van der Waals surface area contributed by atoms with Crippen LogP contribution in [-0.4, -0.2) is 21.7 Å². The Morgan fingerprint density at radius 1 is 1.47 bits per heavy atom. The minimum atomic E-state index is 0.618. The number of nitrogens with zero attached hydrogens (tertiary/aromatic N) is 2. The molecule has 3 heterocycles. The predicted octanol–water partition coefficient (Wildman–Crippen LogP) is 1.02. The highest BCUT2D eigenvalue weighted by molar-refractivity contribution is 5.55. The third-order valence-corrected chi connectivity index (χ3v) is 2.63. The Bertz CT molecular complexity index is 485. The van der Waals surface area contributed by atoms with Gasteiger partial charge in [0, 0.05) is 12.1 Å². The molecule has 2 N–H and O–H groups in total. The summed E-state index contributed by atoms with van der Waals surface area (Å²) in [6.45, 7) is 3.74. The molecule has 5 nitrogen and oxygen atoms in total. The van der Waals surface area contributed by atoms with Crippen LogP contribution in [0.4, 0.5) is 0 Å². The van der Waals surface area contributed by atoms with E-state index in [0.29, 0.717) is 5.89 Å². The molecule has 0 radical (unpaired) electrons. The van der Waals surface area contributed by atoms with Crippen molar-refractivity contribution in [1.82, 2.24) is 20.5 Å². The Labute approximate surface area is 86.9 Å². The summed E-state index contributed by atoms with van der Waals surface area (Å²) in [7, 11) is 0. The van der Waals surface area contributed by atoms with Gasteiger partial charge < -0.3 is 9.73 Å². The fraction of sp³-hybridized carbons (Fsp3) is 0.400. The van der Waals surface area contributed by atoms with E-state index in [1.54, 1.807) is 6.26 Å². The molecule has 0 fully saturated rings. The van der Waals surface area contributed by atoms with Crippen LogP contribution >= 0.6 is 0 Å². The highest BCUT2D eigenvalue weighted by atomic mass is 16.3. The molecule has 0 saturated carbocycles. The predicted molar refractivity (Wildman–Crippen MR) is 54.2 cm³/mol. The minimum Gasteiger partial charge on any atom is -0.443 e. The van der Waals surface area contributed by atoms with E-state index in [1.807, 2.05) is 6.92 Å². The third-order valence-electron chi connectivity index (χ3n) is 2.63. The summed E-state index contributed by atoms with van der Waals surface area (Å²) in [6, 6.07) is 0. The average molecular weight is 204 g/mol. The topological polar surface area (TPSA) is 66.7 Å². The minimum absolute atomic E-state index is 0.618. The highest BCUT2D eigenvalue weighted by Gasteiger charge is 2.20. The first-order chi connectivity index (χ1) is 7.34. The van der Waals surface area contributed by atoms with Crippen molar-refractivity contribution in [3.8, 4) is 11.6 Å². The molecule has 0 bridgehead atoms. The molecule has 2 aromatic heterocycles. The van der Waals surface area contributed by atoms with Crippen LogP contribution in [0.25, 0.3) is 11.6 Å². The molecule has 3 rings (SSSR count). The Morgan fingerprint density at radius 2 is 2.40 bits per heavy atom. The summed E-state index contributed by atoms with van der Waals surface area (Å²) in [5, 5.41) is 10.6. The zero-order valence-electron chi connectivity index (χ0n) is 8.50. The summed E-state index contributed by atoms with van der Waals surface area (Å²) < 4.78 is 5.36. The number of H-pyrrole nitrogens is 1. The van der Waals surface area contributed by atoms with Gasteiger partial charge in [0.25, 0.3) is 0 Å². The number of aromatic nitrogens is 3. The van der Waals surface area contributed by atoms with Crippen molar-refractivity contribution in [3.63, 3.8) is 0 Å². The second kappa shape index (κ2) is 3.20. The summed E-state index contributed by atoms with van der Waals surface area (Å²) in [6.07, 6.45) is 2.63. The van der Waals surface area contributed by atoms with E-state index >= 15 is 0 Å². The molecule has 1 aliphatic rings. The van der Waals surface area contributed by atoms with Crippen LogP contribution in [0.15, 0.2) is 10.7 Å². The third kappa shape index (κ3) is 1.35. The number of hydrogen-bond donors (Lipinski definition) is 2. The lowest BCUT2D eigenvalue weighted by atomic mass is 10.1. The first-order valence-electron chi connectivity index (χ1n) is 5.04. The van der Waals surface area contributed by atoms with Crippen LogP contribution in [0, 0.1) is 6.92 Å². The molecule has 5 heteroatoms. The van der Waals surface area contributed by atoms with Gasteiger partial charge in [-0.25, -0.2) is 4.98 Å². The lowest BCUT2D eigenvalue weighted by Crippen LogP contribution is -2.23. The van der Waals surface area contributed by atoms with Crippen molar-refractivity contribution in [2.24, 2.45) is 0 Å². The number of aromatic amines is 1. The molecule has 0 amide bonds. The maximum atomic E-state index is 5.36. The standard InChI is InChI=1S/C10H12N4O/c1-6-5-15-10(12-6)9-7-2-3-11-4-8(7)13-14-9/h5,11H,2-4H2,1H3,(H,13,14). The van der Waals surface area contributed by atoms with Crippen molar-refractivity contribution < 1.29 is 4.42 Å². The fourth-order valence-corrected chi connectivity index (χ4v) is 1.88. The van der Waals surface area contributed by atoms with Crippen LogP contribution in [-0.2, 0) is 13.0 Å². The van der Waals surface area contributed by atoms with Crippen molar-refractivity contribution in [2.45, 2.75) is 19.9 Å². The first kappa shape index (κ1) is 8.67. The molecule has 0 spiro atoms. The van der Waals surface area contributed by atoms with Gasteiger partial charge in [-0.3, -0.25) is 5.10 Å². The molecule has 1 aliphatic heterocycles. The van der Waals surface area contributed by atoms with Crippen molar-refractivity contribution >= 4 is 0 Å². The van der Waals surface area contributed by atoms with Crippen molar-refractivity contribution in [3.05, 3.63) is 23.2 Å². The van der Waals surface area contributed by atoms with E-state index < -0.39 is 0 Å². The smallest absolute Gasteiger partial charge is 0.247 e. The number of fused-ring (bicyclic) bond motifs is 1. The van der Waals surface area contributed by atoms with Crippen molar-refractivity contribution in [1.29, 1.82) is 0 Å². The van der Waals surface area contributed by atoms with Crippen LogP contribution in [0.1, 0.15) is 17.0 Å². The molecule has 0 saturated heterocycles. The SMILES string of the molecule is Cc1coc(-c2n[nH]c3c2CCNC3)n1. The Morgan fingerprint density at radius 3 is 3.20 bits per heavy atom. The van der Waals surface area contributed by atoms with Gasteiger partial charge in [-0.2, -0.15) is 5.10 Å². The van der Waals surface area contributed by atoms with E-state index in [2.05, 4.69) is 20.5 Å². The van der Waals surface area contributed by atoms with E-state index in [-0.39, 0.29) is 0 Å². The highest BCUT2D eigenvalue weighted by Crippen LogP contribution is 2.25. The number of rotatable bonds is 1. The van der Waals surface area contributed by atoms with Crippen LogP contribution in [0.5, 0.6) is 0 Å². The van der Waals surface area contributed by atoms with E-state index in [1.165, 1.54) is 5.56 Å². The average Bonchev–Trinajstić information content (AvgIpc) is 2.83. The lowest BCUT2D eigenvalue weighted by molar-refractivity contribution is 0.569. The van der Waals surface area contributed by atoms with Gasteiger partial charge in [0.15, 0.2) is 5.69 Å². The Hall–Kier alpha value is -1.62. The van der Waals surface area contributed by atoms with Gasteiger partial charge >= 0.3 is 0 Å². The molecule has 15 heavy (non-hydrogen) atoms. The number of aryl methyl sites for hydroxylation is 1. The molecular formula is C10H12N4O. The Balaban J connectivity index is 2.08. The maximum absolute atomic E-state index is 5.36. The number of hydrogen-bond acceptors (Lipinski definition) is 4. The molecule has 78 valence electrons. The summed E-state index contributed by atoms with van der Waals surface area (Å²) in [4.78, 5) is 4.29. The second-order valence-corrected chi connectivity index (χ2v) is 3.75. The van der Waals surface area contributed by atoms with Crippen LogP contribution in [0.3, 0.4) is 0 Å². The normalized spacial score (nSPS) is 15.3. The fourth-order valence-electron chi connectivity index (χ4n) is 1.88. The largest absolute Gasteiger partial charge is 0.443 e. The van der Waals surface area contributed by atoms with Crippen LogP contribution in [0.2, 0.25) is 0 Å².